The number of nitrogens with one attached hydrogen (secondary N) is 1. The highest BCUT2D eigenvalue weighted by Crippen LogP contribution is 2.31. The fourth-order valence-corrected chi connectivity index (χ4v) is 3.44. The molecule has 1 atom stereocenters. The molecule has 1 aliphatic rings. The predicted octanol–water partition coefficient (Wildman–Crippen LogP) is 3.36. The Hall–Kier alpha value is -2.14. The van der Waals surface area contributed by atoms with Crippen molar-refractivity contribution in [2.45, 2.75) is 45.1 Å². The highest BCUT2D eigenvalue weighted by atomic mass is 35.5. The molecule has 0 aliphatic heterocycles. The first-order chi connectivity index (χ1) is 11.5. The third-order valence-electron chi connectivity index (χ3n) is 4.38. The number of rotatable bonds is 5. The molecule has 5 nitrogen and oxygen atoms in total. The maximum absolute atomic E-state index is 12.9. The normalized spacial score (nSPS) is 14.4. The Morgan fingerprint density at radius 2 is 2.17 bits per heavy atom. The number of nitrogens with zero attached hydrogens (tertiary/aromatic N) is 1. The van der Waals surface area contributed by atoms with Gasteiger partial charge in [0.05, 0.1) is 11.1 Å². The fourth-order valence-electron chi connectivity index (χ4n) is 3.27. The number of benzene rings is 1. The minimum atomic E-state index is -1.02. The molecule has 2 N–H and O–H groups in total. The predicted molar refractivity (Wildman–Crippen MR) is 92.6 cm³/mol. The van der Waals surface area contributed by atoms with Gasteiger partial charge < -0.3 is 10.4 Å². The van der Waals surface area contributed by atoms with E-state index in [4.69, 9.17) is 11.6 Å². The molecule has 1 aromatic heterocycles. The van der Waals surface area contributed by atoms with E-state index in [1.165, 1.54) is 0 Å². The fraction of sp³-hybridized carbons (Fsp3) is 0.389. The van der Waals surface area contributed by atoms with E-state index < -0.39 is 12.0 Å². The molecule has 0 saturated carbocycles. The molecule has 0 radical (unpaired) electrons. The largest absolute Gasteiger partial charge is 0.480 e. The molecule has 1 amide bonds. The number of carbonyl (C=O) groups excluding carboxylic acids is 1. The molecular weight excluding hydrogens is 328 g/mol. The van der Waals surface area contributed by atoms with Gasteiger partial charge >= 0.3 is 5.97 Å². The van der Waals surface area contributed by atoms with Crippen LogP contribution < -0.4 is 5.32 Å². The van der Waals surface area contributed by atoms with Crippen LogP contribution in [-0.4, -0.2) is 28.0 Å². The maximum atomic E-state index is 12.9. The zero-order valence-electron chi connectivity index (χ0n) is 13.4. The number of hydrogen-bond donors (Lipinski definition) is 2. The van der Waals surface area contributed by atoms with Crippen LogP contribution in [0.5, 0.6) is 0 Å². The summed E-state index contributed by atoms with van der Waals surface area (Å²) in [6.07, 6.45) is 3.64. The van der Waals surface area contributed by atoms with Gasteiger partial charge in [-0.2, -0.15) is 0 Å². The molecule has 24 heavy (non-hydrogen) atoms. The van der Waals surface area contributed by atoms with Gasteiger partial charge in [-0.05, 0) is 49.4 Å². The summed E-state index contributed by atoms with van der Waals surface area (Å²) in [5.74, 6) is -1.37. The number of halogens is 1. The molecule has 3 rings (SSSR count). The third kappa shape index (κ3) is 3.08. The molecule has 1 unspecified atom stereocenters. The van der Waals surface area contributed by atoms with Crippen molar-refractivity contribution in [2.24, 2.45) is 0 Å². The van der Waals surface area contributed by atoms with Crippen molar-refractivity contribution in [3.63, 3.8) is 0 Å². The Kier molecular flexibility index (Phi) is 4.71. The molecule has 1 aliphatic carbocycles. The number of amides is 1. The van der Waals surface area contributed by atoms with Crippen LogP contribution in [0.15, 0.2) is 18.2 Å². The summed E-state index contributed by atoms with van der Waals surface area (Å²) < 4.78 is 0. The number of carbonyl (C=O) groups is 2. The number of aliphatic carboxylic acids is 1. The molecule has 2 aromatic rings. The van der Waals surface area contributed by atoms with Crippen molar-refractivity contribution in [2.75, 3.05) is 0 Å². The number of hydrogen-bond acceptors (Lipinski definition) is 3. The molecule has 0 saturated heterocycles. The van der Waals surface area contributed by atoms with Gasteiger partial charge in [0.25, 0.3) is 5.91 Å². The summed E-state index contributed by atoms with van der Waals surface area (Å²) in [6, 6.07) is 4.39. The average Bonchev–Trinajstić information content (AvgIpc) is 2.99. The molecule has 0 fully saturated rings. The Balaban J connectivity index is 2.08. The lowest BCUT2D eigenvalue weighted by Crippen LogP contribution is -2.41. The summed E-state index contributed by atoms with van der Waals surface area (Å²) >= 11 is 6.10. The summed E-state index contributed by atoms with van der Waals surface area (Å²) in [5, 5.41) is 13.2. The van der Waals surface area contributed by atoms with Gasteiger partial charge in [0.15, 0.2) is 0 Å². The minimum absolute atomic E-state index is 0.358. The van der Waals surface area contributed by atoms with Gasteiger partial charge in [-0.15, -0.1) is 0 Å². The topological polar surface area (TPSA) is 79.3 Å². The van der Waals surface area contributed by atoms with Crippen LogP contribution >= 0.6 is 11.6 Å². The zero-order chi connectivity index (χ0) is 17.3. The third-order valence-corrected chi connectivity index (χ3v) is 4.62. The Bertz CT molecular complexity index is 820. The summed E-state index contributed by atoms with van der Waals surface area (Å²) in [7, 11) is 0. The Morgan fingerprint density at radius 1 is 1.38 bits per heavy atom. The average molecular weight is 347 g/mol. The van der Waals surface area contributed by atoms with Gasteiger partial charge in [-0.3, -0.25) is 9.78 Å². The Labute approximate surface area is 145 Å². The molecular formula is C18H19ClN2O3. The molecule has 0 bridgehead atoms. The van der Waals surface area contributed by atoms with E-state index in [1.807, 2.05) is 6.92 Å². The standard InChI is InChI=1S/C18H19ClN2O3/c1-2-4-15(18(23)24)21-17(22)16-11-5-3-6-13(11)20-14-8-7-10(19)9-12(14)16/h7-9,15H,2-6H2,1H3,(H,21,22)(H,23,24). The number of carboxylic acid groups (broad SMARTS) is 1. The zero-order valence-corrected chi connectivity index (χ0v) is 14.2. The van der Waals surface area contributed by atoms with Crippen LogP contribution in [0.2, 0.25) is 5.02 Å². The second kappa shape index (κ2) is 6.77. The van der Waals surface area contributed by atoms with E-state index in [1.54, 1.807) is 18.2 Å². The smallest absolute Gasteiger partial charge is 0.326 e. The number of fused-ring (bicyclic) bond motifs is 2. The number of pyridine rings is 1. The molecule has 1 heterocycles. The number of aryl methyl sites for hydroxylation is 1. The van der Waals surface area contributed by atoms with Crippen LogP contribution in [-0.2, 0) is 17.6 Å². The van der Waals surface area contributed by atoms with E-state index in [9.17, 15) is 14.7 Å². The highest BCUT2D eigenvalue weighted by Gasteiger charge is 2.27. The monoisotopic (exact) mass is 346 g/mol. The van der Waals surface area contributed by atoms with Gasteiger partial charge in [0.2, 0.25) is 0 Å². The Morgan fingerprint density at radius 3 is 2.88 bits per heavy atom. The van der Waals surface area contributed by atoms with E-state index >= 15 is 0 Å². The van der Waals surface area contributed by atoms with Crippen LogP contribution in [0.3, 0.4) is 0 Å². The van der Waals surface area contributed by atoms with Crippen molar-refractivity contribution < 1.29 is 14.7 Å². The quantitative estimate of drug-likeness (QED) is 0.870. The van der Waals surface area contributed by atoms with Crippen LogP contribution in [0.4, 0.5) is 0 Å². The minimum Gasteiger partial charge on any atom is -0.480 e. The summed E-state index contributed by atoms with van der Waals surface area (Å²) in [6.45, 7) is 1.89. The van der Waals surface area contributed by atoms with E-state index in [-0.39, 0.29) is 5.91 Å². The number of aromatic nitrogens is 1. The van der Waals surface area contributed by atoms with E-state index in [0.717, 1.165) is 30.5 Å². The van der Waals surface area contributed by atoms with Crippen molar-refractivity contribution in [3.8, 4) is 0 Å². The molecule has 1 aromatic carbocycles. The molecule has 0 spiro atoms. The second-order valence-electron chi connectivity index (χ2n) is 6.08. The first-order valence-corrected chi connectivity index (χ1v) is 8.53. The van der Waals surface area contributed by atoms with Crippen LogP contribution in [0.25, 0.3) is 10.9 Å². The second-order valence-corrected chi connectivity index (χ2v) is 6.52. The van der Waals surface area contributed by atoms with E-state index in [0.29, 0.717) is 34.3 Å². The van der Waals surface area contributed by atoms with Gasteiger partial charge in [-0.25, -0.2) is 4.79 Å². The van der Waals surface area contributed by atoms with Crippen molar-refractivity contribution in [1.82, 2.24) is 10.3 Å². The van der Waals surface area contributed by atoms with Crippen molar-refractivity contribution in [3.05, 3.63) is 40.0 Å². The van der Waals surface area contributed by atoms with Crippen LogP contribution in [0.1, 0.15) is 47.8 Å². The lowest BCUT2D eigenvalue weighted by atomic mass is 10.00. The first-order valence-electron chi connectivity index (χ1n) is 8.16. The lowest BCUT2D eigenvalue weighted by Gasteiger charge is -2.17. The lowest BCUT2D eigenvalue weighted by molar-refractivity contribution is -0.139. The van der Waals surface area contributed by atoms with Gasteiger partial charge in [0, 0.05) is 16.1 Å². The first kappa shape index (κ1) is 16.7. The number of carboxylic acids is 1. The highest BCUT2D eigenvalue weighted by molar-refractivity contribution is 6.31. The summed E-state index contributed by atoms with van der Waals surface area (Å²) in [4.78, 5) is 28.9. The van der Waals surface area contributed by atoms with E-state index in [2.05, 4.69) is 10.3 Å². The van der Waals surface area contributed by atoms with Crippen molar-refractivity contribution >= 4 is 34.4 Å². The van der Waals surface area contributed by atoms with Crippen LogP contribution in [0, 0.1) is 0 Å². The summed E-state index contributed by atoms with van der Waals surface area (Å²) in [5.41, 5.74) is 3.09. The molecule has 126 valence electrons. The van der Waals surface area contributed by atoms with Gasteiger partial charge in [0.1, 0.15) is 6.04 Å². The maximum Gasteiger partial charge on any atom is 0.326 e. The molecule has 6 heteroatoms. The SMILES string of the molecule is CCCC(NC(=O)c1c2c(nc3ccc(Cl)cc13)CCC2)C(=O)O. The van der Waals surface area contributed by atoms with Crippen molar-refractivity contribution in [1.29, 1.82) is 0 Å². The van der Waals surface area contributed by atoms with Gasteiger partial charge in [-0.1, -0.05) is 24.9 Å².